The normalized spacial score (nSPS) is 18.1. The zero-order valence-electron chi connectivity index (χ0n) is 10.2. The fraction of sp³-hybridized carbons (Fsp3) is 0.538. The van der Waals surface area contributed by atoms with Crippen molar-refractivity contribution in [3.63, 3.8) is 0 Å². The van der Waals surface area contributed by atoms with E-state index in [2.05, 4.69) is 15.9 Å². The number of halogens is 3. The predicted molar refractivity (Wildman–Crippen MR) is 69.8 cm³/mol. The molecule has 1 aliphatic rings. The maximum Gasteiger partial charge on any atom is 0.191 e. The van der Waals surface area contributed by atoms with Gasteiger partial charge in [0.15, 0.2) is 17.4 Å². The molecule has 0 aromatic heterocycles. The van der Waals surface area contributed by atoms with Crippen molar-refractivity contribution in [2.24, 2.45) is 5.73 Å². The molecule has 0 saturated heterocycles. The highest BCUT2D eigenvalue weighted by molar-refractivity contribution is 9.10. The third-order valence-electron chi connectivity index (χ3n) is 3.84. The monoisotopic (exact) mass is 319 g/mol. The van der Waals surface area contributed by atoms with Gasteiger partial charge in [0, 0.05) is 17.5 Å². The Labute approximate surface area is 114 Å². The van der Waals surface area contributed by atoms with Crippen molar-refractivity contribution >= 4 is 15.9 Å². The molecule has 2 nitrogen and oxygen atoms in total. The molecule has 1 aliphatic carbocycles. The summed E-state index contributed by atoms with van der Waals surface area (Å²) < 4.78 is 33.1. The molecule has 2 N–H and O–H groups in total. The van der Waals surface area contributed by atoms with Crippen LogP contribution in [0.4, 0.5) is 8.78 Å². The van der Waals surface area contributed by atoms with E-state index in [0.29, 0.717) is 12.1 Å². The summed E-state index contributed by atoms with van der Waals surface area (Å²) in [5.74, 6) is -1.66. The smallest absolute Gasteiger partial charge is 0.191 e. The van der Waals surface area contributed by atoms with E-state index < -0.39 is 11.6 Å². The lowest BCUT2D eigenvalue weighted by Crippen LogP contribution is -2.33. The van der Waals surface area contributed by atoms with Gasteiger partial charge in [-0.25, -0.2) is 8.78 Å². The lowest BCUT2D eigenvalue weighted by Gasteiger charge is -2.29. The van der Waals surface area contributed by atoms with Crippen LogP contribution in [0.3, 0.4) is 0 Å². The van der Waals surface area contributed by atoms with Crippen molar-refractivity contribution in [1.29, 1.82) is 0 Å². The number of nitrogens with two attached hydrogens (primary N) is 1. The SMILES string of the molecule is COc1c(F)c(Br)cc(C2(CN)CCCC2)c1F. The molecule has 0 radical (unpaired) electrons. The number of rotatable bonds is 3. The van der Waals surface area contributed by atoms with E-state index in [4.69, 9.17) is 10.5 Å². The van der Waals surface area contributed by atoms with Gasteiger partial charge in [-0.2, -0.15) is 0 Å². The molecular weight excluding hydrogens is 304 g/mol. The van der Waals surface area contributed by atoms with Gasteiger partial charge in [-0.05, 0) is 34.8 Å². The molecule has 0 spiro atoms. The van der Waals surface area contributed by atoms with Crippen molar-refractivity contribution in [1.82, 2.24) is 0 Å². The highest BCUT2D eigenvalue weighted by atomic mass is 79.9. The Hall–Kier alpha value is -0.680. The Morgan fingerprint density at radius 1 is 1.33 bits per heavy atom. The number of benzene rings is 1. The second kappa shape index (κ2) is 5.13. The largest absolute Gasteiger partial charge is 0.491 e. The van der Waals surface area contributed by atoms with Crippen LogP contribution in [0.1, 0.15) is 31.2 Å². The van der Waals surface area contributed by atoms with Crippen LogP contribution in [0.15, 0.2) is 10.5 Å². The molecule has 1 aromatic carbocycles. The molecule has 1 fully saturated rings. The van der Waals surface area contributed by atoms with Gasteiger partial charge < -0.3 is 10.5 Å². The summed E-state index contributed by atoms with van der Waals surface area (Å²) in [5.41, 5.74) is 5.92. The lowest BCUT2D eigenvalue weighted by molar-refractivity contribution is 0.344. The maximum atomic E-state index is 14.4. The van der Waals surface area contributed by atoms with Crippen LogP contribution in [0.2, 0.25) is 0 Å². The Morgan fingerprint density at radius 2 is 1.94 bits per heavy atom. The molecule has 0 amide bonds. The minimum absolute atomic E-state index is 0.218. The molecular formula is C13H16BrF2NO. The van der Waals surface area contributed by atoms with Gasteiger partial charge in [0.1, 0.15) is 0 Å². The quantitative estimate of drug-likeness (QED) is 0.865. The van der Waals surface area contributed by atoms with E-state index in [1.165, 1.54) is 13.2 Å². The van der Waals surface area contributed by atoms with Gasteiger partial charge >= 0.3 is 0 Å². The Morgan fingerprint density at radius 3 is 2.44 bits per heavy atom. The first-order chi connectivity index (χ1) is 8.55. The van der Waals surface area contributed by atoms with Gasteiger partial charge in [-0.3, -0.25) is 0 Å². The van der Waals surface area contributed by atoms with E-state index in [1.54, 1.807) is 0 Å². The summed E-state index contributed by atoms with van der Waals surface area (Å²) in [4.78, 5) is 0. The van der Waals surface area contributed by atoms with Crippen molar-refractivity contribution in [2.75, 3.05) is 13.7 Å². The van der Waals surface area contributed by atoms with Gasteiger partial charge in [-0.15, -0.1) is 0 Å². The first-order valence-corrected chi connectivity index (χ1v) is 6.77. The molecule has 0 unspecified atom stereocenters. The van der Waals surface area contributed by atoms with E-state index in [9.17, 15) is 8.78 Å². The summed E-state index contributed by atoms with van der Waals surface area (Å²) in [6.45, 7) is 0.366. The fourth-order valence-electron chi connectivity index (χ4n) is 2.78. The first kappa shape index (κ1) is 13.7. The summed E-state index contributed by atoms with van der Waals surface area (Å²) in [6.07, 6.45) is 3.71. The maximum absolute atomic E-state index is 14.4. The van der Waals surface area contributed by atoms with E-state index in [1.807, 2.05) is 0 Å². The summed E-state index contributed by atoms with van der Waals surface area (Å²) in [7, 11) is 1.27. The van der Waals surface area contributed by atoms with Crippen LogP contribution >= 0.6 is 15.9 Å². The Balaban J connectivity index is 2.60. The second-order valence-corrected chi connectivity index (χ2v) is 5.61. The number of hydrogen-bond acceptors (Lipinski definition) is 2. The summed E-state index contributed by atoms with van der Waals surface area (Å²) in [6, 6.07) is 1.51. The average Bonchev–Trinajstić information content (AvgIpc) is 2.84. The van der Waals surface area contributed by atoms with E-state index in [0.717, 1.165) is 25.7 Å². The highest BCUT2D eigenvalue weighted by Crippen LogP contribution is 2.44. The van der Waals surface area contributed by atoms with E-state index >= 15 is 0 Å². The van der Waals surface area contributed by atoms with Gasteiger partial charge in [0.25, 0.3) is 0 Å². The molecule has 1 saturated carbocycles. The molecule has 0 aliphatic heterocycles. The van der Waals surface area contributed by atoms with Gasteiger partial charge in [-0.1, -0.05) is 12.8 Å². The standard InChI is InChI=1S/C13H16BrF2NO/c1-18-12-10(15)8(6-9(14)11(12)16)13(7-17)4-2-3-5-13/h6H,2-5,7,17H2,1H3. The molecule has 0 bridgehead atoms. The first-order valence-electron chi connectivity index (χ1n) is 5.98. The highest BCUT2D eigenvalue weighted by Gasteiger charge is 2.38. The van der Waals surface area contributed by atoms with Gasteiger partial charge in [0.05, 0.1) is 11.6 Å². The van der Waals surface area contributed by atoms with Crippen LogP contribution in [-0.2, 0) is 5.41 Å². The zero-order chi connectivity index (χ0) is 13.3. The van der Waals surface area contributed by atoms with Crippen LogP contribution in [0.25, 0.3) is 0 Å². The summed E-state index contributed by atoms with van der Waals surface area (Å²) in [5, 5.41) is 0. The van der Waals surface area contributed by atoms with E-state index in [-0.39, 0.29) is 15.6 Å². The minimum atomic E-state index is -0.705. The van der Waals surface area contributed by atoms with Crippen LogP contribution in [0.5, 0.6) is 5.75 Å². The molecule has 18 heavy (non-hydrogen) atoms. The predicted octanol–water partition coefficient (Wildman–Crippen LogP) is 3.51. The Bertz CT molecular complexity index is 459. The van der Waals surface area contributed by atoms with Crippen molar-refractivity contribution in [3.05, 3.63) is 27.7 Å². The van der Waals surface area contributed by atoms with Gasteiger partial charge in [0.2, 0.25) is 0 Å². The lowest BCUT2D eigenvalue weighted by atomic mass is 9.78. The summed E-state index contributed by atoms with van der Waals surface area (Å²) >= 11 is 3.11. The second-order valence-electron chi connectivity index (χ2n) is 4.76. The van der Waals surface area contributed by atoms with Crippen LogP contribution in [0, 0.1) is 11.6 Å². The topological polar surface area (TPSA) is 35.2 Å². The zero-order valence-corrected chi connectivity index (χ0v) is 11.8. The molecule has 100 valence electrons. The molecule has 0 atom stereocenters. The fourth-order valence-corrected chi connectivity index (χ4v) is 3.19. The Kier molecular flexibility index (Phi) is 3.92. The molecule has 1 aromatic rings. The van der Waals surface area contributed by atoms with Crippen molar-refractivity contribution < 1.29 is 13.5 Å². The van der Waals surface area contributed by atoms with Crippen molar-refractivity contribution in [2.45, 2.75) is 31.1 Å². The molecule has 2 rings (SSSR count). The average molecular weight is 320 g/mol. The van der Waals surface area contributed by atoms with Crippen LogP contribution in [-0.4, -0.2) is 13.7 Å². The minimum Gasteiger partial charge on any atom is -0.491 e. The molecule has 0 heterocycles. The third kappa shape index (κ3) is 2.03. The number of methoxy groups -OCH3 is 1. The third-order valence-corrected chi connectivity index (χ3v) is 4.42. The number of hydrogen-bond donors (Lipinski definition) is 1. The van der Waals surface area contributed by atoms with Crippen molar-refractivity contribution in [3.8, 4) is 5.75 Å². The van der Waals surface area contributed by atoms with Crippen LogP contribution < -0.4 is 10.5 Å². The molecule has 5 heteroatoms. The number of ether oxygens (including phenoxy) is 1.